The molecule has 2 N–H and O–H groups in total. The van der Waals surface area contributed by atoms with Gasteiger partial charge in [0.05, 0.1) is 32.2 Å². The third-order valence-electron chi connectivity index (χ3n) is 2.17. The molecule has 0 saturated heterocycles. The van der Waals surface area contributed by atoms with Gasteiger partial charge in [0.25, 0.3) is 0 Å². The van der Waals surface area contributed by atoms with Crippen LogP contribution in [0.15, 0.2) is 12.4 Å². The average molecular weight is 254 g/mol. The Kier molecular flexibility index (Phi) is 7.83. The van der Waals surface area contributed by atoms with E-state index in [1.165, 1.54) is 0 Å². The molecule has 1 aromatic rings. The Balaban J connectivity index is 2.20. The van der Waals surface area contributed by atoms with Gasteiger partial charge in [0.2, 0.25) is 0 Å². The van der Waals surface area contributed by atoms with Crippen LogP contribution in [-0.4, -0.2) is 50.0 Å². The molecule has 6 nitrogen and oxygen atoms in total. The van der Waals surface area contributed by atoms with Gasteiger partial charge >= 0.3 is 0 Å². The van der Waals surface area contributed by atoms with Crippen LogP contribution in [0.25, 0.3) is 0 Å². The highest BCUT2D eigenvalue weighted by atomic mass is 16.5. The highest BCUT2D eigenvalue weighted by Crippen LogP contribution is 2.05. The number of hydrogen-bond acceptors (Lipinski definition) is 6. The summed E-state index contributed by atoms with van der Waals surface area (Å²) in [6.07, 6.45) is 4.48. The monoisotopic (exact) mass is 254 g/mol. The molecule has 0 radical (unpaired) electrons. The van der Waals surface area contributed by atoms with Crippen LogP contribution in [0.2, 0.25) is 0 Å². The number of aromatic nitrogens is 2. The molecule has 0 unspecified atom stereocenters. The SMILES string of the molecule is CCCNc1cncc(NCCOCCOC)n1. The molecule has 1 aromatic heterocycles. The molecule has 1 heterocycles. The first-order valence-corrected chi connectivity index (χ1v) is 6.23. The molecule has 18 heavy (non-hydrogen) atoms. The van der Waals surface area contributed by atoms with Crippen molar-refractivity contribution in [3.05, 3.63) is 12.4 Å². The first kappa shape index (κ1) is 14.7. The van der Waals surface area contributed by atoms with E-state index in [0.29, 0.717) is 26.4 Å². The Hall–Kier alpha value is -1.40. The van der Waals surface area contributed by atoms with Gasteiger partial charge in [-0.05, 0) is 6.42 Å². The first-order valence-electron chi connectivity index (χ1n) is 6.23. The topological polar surface area (TPSA) is 68.3 Å². The molecule has 0 aromatic carbocycles. The van der Waals surface area contributed by atoms with Crippen molar-refractivity contribution >= 4 is 11.6 Å². The standard InChI is InChI=1S/C12H22N4O2/c1-3-4-14-11-9-13-10-12(16-11)15-5-6-18-8-7-17-2/h9-10H,3-8H2,1-2H3,(H2,14,15,16). The van der Waals surface area contributed by atoms with Crippen LogP contribution in [-0.2, 0) is 9.47 Å². The predicted molar refractivity (Wildman–Crippen MR) is 72.0 cm³/mol. The Morgan fingerprint density at radius 1 is 1.06 bits per heavy atom. The molecule has 0 amide bonds. The predicted octanol–water partition coefficient (Wildman–Crippen LogP) is 1.37. The van der Waals surface area contributed by atoms with Crippen LogP contribution in [0.1, 0.15) is 13.3 Å². The number of nitrogens with zero attached hydrogens (tertiary/aromatic N) is 2. The molecule has 0 atom stereocenters. The van der Waals surface area contributed by atoms with Crippen molar-refractivity contribution in [2.45, 2.75) is 13.3 Å². The largest absolute Gasteiger partial charge is 0.382 e. The normalized spacial score (nSPS) is 10.3. The molecule has 1 rings (SSSR count). The maximum Gasteiger partial charge on any atom is 0.147 e. The summed E-state index contributed by atoms with van der Waals surface area (Å²) < 4.78 is 10.2. The van der Waals surface area contributed by atoms with E-state index in [2.05, 4.69) is 27.5 Å². The molecule has 0 fully saturated rings. The molecule has 0 spiro atoms. The van der Waals surface area contributed by atoms with E-state index < -0.39 is 0 Å². The van der Waals surface area contributed by atoms with E-state index in [-0.39, 0.29) is 0 Å². The lowest BCUT2D eigenvalue weighted by molar-refractivity contribution is 0.0759. The van der Waals surface area contributed by atoms with Crippen molar-refractivity contribution in [3.8, 4) is 0 Å². The van der Waals surface area contributed by atoms with E-state index in [1.54, 1.807) is 19.5 Å². The molecule has 102 valence electrons. The lowest BCUT2D eigenvalue weighted by atomic mass is 10.5. The Morgan fingerprint density at radius 2 is 1.78 bits per heavy atom. The van der Waals surface area contributed by atoms with E-state index >= 15 is 0 Å². The van der Waals surface area contributed by atoms with Gasteiger partial charge in [-0.15, -0.1) is 0 Å². The smallest absolute Gasteiger partial charge is 0.147 e. The summed E-state index contributed by atoms with van der Waals surface area (Å²) in [7, 11) is 1.66. The second kappa shape index (κ2) is 9.61. The van der Waals surface area contributed by atoms with Gasteiger partial charge in [-0.1, -0.05) is 6.92 Å². The fraction of sp³-hybridized carbons (Fsp3) is 0.667. The Bertz CT molecular complexity index is 323. The lowest BCUT2D eigenvalue weighted by Gasteiger charge is -2.08. The summed E-state index contributed by atoms with van der Waals surface area (Å²) in [6.45, 7) is 5.57. The maximum atomic E-state index is 5.34. The van der Waals surface area contributed by atoms with E-state index in [9.17, 15) is 0 Å². The highest BCUT2D eigenvalue weighted by Gasteiger charge is 1.97. The fourth-order valence-corrected chi connectivity index (χ4v) is 1.28. The van der Waals surface area contributed by atoms with Gasteiger partial charge in [-0.25, -0.2) is 4.98 Å². The minimum absolute atomic E-state index is 0.613. The van der Waals surface area contributed by atoms with E-state index in [1.807, 2.05) is 0 Å². The molecule has 0 bridgehead atoms. The second-order valence-electron chi connectivity index (χ2n) is 3.75. The molecule has 0 aliphatic rings. The number of hydrogen-bond donors (Lipinski definition) is 2. The first-order chi connectivity index (χ1) is 8.86. The van der Waals surface area contributed by atoms with Crippen LogP contribution in [0, 0.1) is 0 Å². The molecule has 6 heteroatoms. The maximum absolute atomic E-state index is 5.34. The zero-order chi connectivity index (χ0) is 13.1. The average Bonchev–Trinajstić information content (AvgIpc) is 2.41. The molecule has 0 aliphatic carbocycles. The highest BCUT2D eigenvalue weighted by molar-refractivity contribution is 5.41. The number of methoxy groups -OCH3 is 1. The summed E-state index contributed by atoms with van der Waals surface area (Å²) in [5, 5.41) is 6.35. The summed E-state index contributed by atoms with van der Waals surface area (Å²) in [4.78, 5) is 8.50. The summed E-state index contributed by atoms with van der Waals surface area (Å²) in [5.41, 5.74) is 0. The van der Waals surface area contributed by atoms with Crippen LogP contribution in [0.5, 0.6) is 0 Å². The van der Waals surface area contributed by atoms with Crippen LogP contribution in [0.3, 0.4) is 0 Å². The number of rotatable bonds is 10. The van der Waals surface area contributed by atoms with E-state index in [0.717, 1.165) is 24.6 Å². The van der Waals surface area contributed by atoms with Gasteiger partial charge < -0.3 is 20.1 Å². The fourth-order valence-electron chi connectivity index (χ4n) is 1.28. The van der Waals surface area contributed by atoms with Crippen molar-refractivity contribution < 1.29 is 9.47 Å². The zero-order valence-electron chi connectivity index (χ0n) is 11.1. The van der Waals surface area contributed by atoms with Crippen LogP contribution >= 0.6 is 0 Å². The van der Waals surface area contributed by atoms with Crippen LogP contribution < -0.4 is 10.6 Å². The van der Waals surface area contributed by atoms with Crippen molar-refractivity contribution in [1.29, 1.82) is 0 Å². The molecule has 0 saturated carbocycles. The van der Waals surface area contributed by atoms with Gasteiger partial charge in [0.1, 0.15) is 11.6 Å². The number of anilines is 2. The second-order valence-corrected chi connectivity index (χ2v) is 3.75. The quantitative estimate of drug-likeness (QED) is 0.615. The Labute approximate surface area is 108 Å². The van der Waals surface area contributed by atoms with Crippen molar-refractivity contribution in [1.82, 2.24) is 9.97 Å². The molecular weight excluding hydrogens is 232 g/mol. The van der Waals surface area contributed by atoms with Gasteiger partial charge in [0.15, 0.2) is 0 Å². The third kappa shape index (κ3) is 6.36. The van der Waals surface area contributed by atoms with Crippen molar-refractivity contribution in [2.75, 3.05) is 50.7 Å². The minimum atomic E-state index is 0.613. The van der Waals surface area contributed by atoms with Crippen LogP contribution in [0.4, 0.5) is 11.6 Å². The van der Waals surface area contributed by atoms with Gasteiger partial charge in [0, 0.05) is 20.2 Å². The lowest BCUT2D eigenvalue weighted by Crippen LogP contribution is -2.13. The van der Waals surface area contributed by atoms with E-state index in [4.69, 9.17) is 9.47 Å². The Morgan fingerprint density at radius 3 is 2.44 bits per heavy atom. The minimum Gasteiger partial charge on any atom is -0.382 e. The van der Waals surface area contributed by atoms with Gasteiger partial charge in [-0.3, -0.25) is 4.98 Å². The molecular formula is C12H22N4O2. The van der Waals surface area contributed by atoms with Crippen molar-refractivity contribution in [3.63, 3.8) is 0 Å². The molecule has 0 aliphatic heterocycles. The third-order valence-corrected chi connectivity index (χ3v) is 2.17. The number of ether oxygens (including phenoxy) is 2. The summed E-state index contributed by atoms with van der Waals surface area (Å²) in [6, 6.07) is 0. The zero-order valence-corrected chi connectivity index (χ0v) is 11.1. The van der Waals surface area contributed by atoms with Crippen molar-refractivity contribution in [2.24, 2.45) is 0 Å². The summed E-state index contributed by atoms with van der Waals surface area (Å²) in [5.74, 6) is 1.55. The summed E-state index contributed by atoms with van der Waals surface area (Å²) >= 11 is 0. The van der Waals surface area contributed by atoms with Gasteiger partial charge in [-0.2, -0.15) is 0 Å². The number of nitrogens with one attached hydrogen (secondary N) is 2.